The number of aromatic nitrogens is 4. The van der Waals surface area contributed by atoms with E-state index in [4.69, 9.17) is 30.0 Å². The van der Waals surface area contributed by atoms with Crippen molar-refractivity contribution in [2.24, 2.45) is 5.73 Å². The van der Waals surface area contributed by atoms with Crippen LogP contribution in [-0.2, 0) is 45.8 Å². The van der Waals surface area contributed by atoms with Crippen molar-refractivity contribution in [1.29, 1.82) is 0 Å². The Labute approximate surface area is 268 Å². The van der Waals surface area contributed by atoms with Crippen LogP contribution in [0.3, 0.4) is 0 Å². The van der Waals surface area contributed by atoms with Crippen LogP contribution in [0.15, 0.2) is 36.7 Å². The van der Waals surface area contributed by atoms with Crippen LogP contribution in [0.2, 0.25) is 0 Å². The molecule has 11 N–H and O–H groups in total. The highest BCUT2D eigenvalue weighted by molar-refractivity contribution is 7.61. The minimum atomic E-state index is -5.53. The molecule has 2 unspecified atom stereocenters. The van der Waals surface area contributed by atoms with Gasteiger partial charge in [0.1, 0.15) is 54.2 Å². The summed E-state index contributed by atoms with van der Waals surface area (Å²) in [4.78, 5) is 63.6. The van der Waals surface area contributed by atoms with Gasteiger partial charge < -0.3 is 60.7 Å². The van der Waals surface area contributed by atoms with Gasteiger partial charge in [0.15, 0.2) is 23.9 Å². The molecule has 3 aliphatic heterocycles. The fourth-order valence-electron chi connectivity index (χ4n) is 5.01. The number of carbonyl (C=O) groups is 1. The predicted octanol–water partition coefficient (Wildman–Crippen LogP) is -2.57. The van der Waals surface area contributed by atoms with Gasteiger partial charge in [-0.2, -0.15) is 4.31 Å². The SMILES string of the molecule is NC(=O)C1=CCC=CN1[C@@H]1O[C@H](COP(=O)(O)OP(=O)(O)OC[C@H]2O[C@@H](n3cnc4c(N)ncnc43)[C@H](OP(=O)(O)O)[C@H]2O)[C@H](O)[C@@H]1O. The number of nitrogen functional groups attached to an aromatic ring is 1. The van der Waals surface area contributed by atoms with Gasteiger partial charge in [-0.25, -0.2) is 28.6 Å². The predicted molar refractivity (Wildman–Crippen MR) is 153 cm³/mol. The second kappa shape index (κ2) is 13.9. The molecule has 27 heteroatoms. The maximum atomic E-state index is 12.6. The van der Waals surface area contributed by atoms with Crippen LogP contribution in [0.4, 0.5) is 5.82 Å². The number of nitrogens with two attached hydrogens (primary N) is 2. The molecule has 0 bridgehead atoms. The number of allylic oxidation sites excluding steroid dienone is 2. The summed E-state index contributed by atoms with van der Waals surface area (Å²) in [5, 5.41) is 31.6. The summed E-state index contributed by atoms with van der Waals surface area (Å²) < 4.78 is 67.2. The summed E-state index contributed by atoms with van der Waals surface area (Å²) in [5.74, 6) is -0.917. The van der Waals surface area contributed by atoms with Crippen LogP contribution >= 0.6 is 23.5 Å². The van der Waals surface area contributed by atoms with Gasteiger partial charge in [-0.05, 0) is 6.42 Å². The van der Waals surface area contributed by atoms with E-state index in [0.717, 1.165) is 22.1 Å². The van der Waals surface area contributed by atoms with E-state index in [-0.39, 0.29) is 22.7 Å². The molecule has 48 heavy (non-hydrogen) atoms. The number of primary amides is 1. The third-order valence-electron chi connectivity index (χ3n) is 7.10. The maximum Gasteiger partial charge on any atom is 0.481 e. The molecule has 5 rings (SSSR count). The van der Waals surface area contributed by atoms with Gasteiger partial charge in [-0.3, -0.25) is 22.9 Å². The summed E-state index contributed by atoms with van der Waals surface area (Å²) in [6, 6.07) is 0. The van der Waals surface area contributed by atoms with Gasteiger partial charge in [-0.1, -0.05) is 12.2 Å². The van der Waals surface area contributed by atoms with Gasteiger partial charge in [0.05, 0.1) is 19.5 Å². The zero-order valence-corrected chi connectivity index (χ0v) is 26.8. The molecule has 0 spiro atoms. The number of carbonyl (C=O) groups excluding carboxylic acids is 1. The Morgan fingerprint density at radius 3 is 2.19 bits per heavy atom. The molecule has 0 aliphatic carbocycles. The Balaban J connectivity index is 1.21. The molecular formula is C21H30N7O17P3. The van der Waals surface area contributed by atoms with Crippen molar-refractivity contribution in [3.63, 3.8) is 0 Å². The zero-order valence-electron chi connectivity index (χ0n) is 24.1. The molecular weight excluding hydrogens is 715 g/mol. The normalized spacial score (nSPS) is 31.9. The maximum absolute atomic E-state index is 12.6. The number of imidazole rings is 1. The van der Waals surface area contributed by atoms with Crippen LogP contribution in [0.1, 0.15) is 12.6 Å². The van der Waals surface area contributed by atoms with E-state index in [1.807, 2.05) is 0 Å². The molecule has 0 saturated carbocycles. The highest BCUT2D eigenvalue weighted by Crippen LogP contribution is 2.61. The molecule has 1 amide bonds. The molecule has 0 aromatic carbocycles. The van der Waals surface area contributed by atoms with Crippen molar-refractivity contribution in [2.45, 2.75) is 55.5 Å². The summed E-state index contributed by atoms with van der Waals surface area (Å²) in [5.41, 5.74) is 11.1. The molecule has 2 saturated heterocycles. The Morgan fingerprint density at radius 2 is 1.56 bits per heavy atom. The van der Waals surface area contributed by atoms with Crippen molar-refractivity contribution >= 4 is 46.4 Å². The van der Waals surface area contributed by atoms with Gasteiger partial charge in [0.25, 0.3) is 5.91 Å². The van der Waals surface area contributed by atoms with Crippen LogP contribution in [0.25, 0.3) is 11.2 Å². The number of nitrogens with zero attached hydrogens (tertiary/aromatic N) is 5. The monoisotopic (exact) mass is 745 g/mol. The van der Waals surface area contributed by atoms with Gasteiger partial charge >= 0.3 is 23.5 Å². The average molecular weight is 745 g/mol. The number of fused-ring (bicyclic) bond motifs is 1. The van der Waals surface area contributed by atoms with Crippen LogP contribution in [-0.4, -0.2) is 121 Å². The second-order valence-electron chi connectivity index (χ2n) is 10.3. The minimum absolute atomic E-state index is 0.00230. The topological polar surface area (TPSA) is 364 Å². The standard InChI is InChI=1S/C21H30N7O17P3/c22-17-12-19(25-7-24-17)28(8-26-12)21-16(44-46(33,34)35)14(30)11(43-21)6-41-48(38,39)45-47(36,37)40-5-10-13(29)15(31)20(42-10)27-4-2-1-3-9(27)18(23)32/h2-4,7-8,10-11,13-16,20-21,29-31H,1,5-6H2,(H2,23,32)(H,36,37)(H,38,39)(H2,22,24,25)(H2,33,34,35)/t10-,11-,13+,14+,15+,16-,20-,21-/m1/s1. The smallest absolute Gasteiger partial charge is 0.387 e. The summed E-state index contributed by atoms with van der Waals surface area (Å²) in [6.45, 7) is -2.05. The lowest BCUT2D eigenvalue weighted by Crippen LogP contribution is -2.44. The second-order valence-corrected chi connectivity index (χ2v) is 14.6. The molecule has 3 aliphatic rings. The number of ether oxygens (including phenoxy) is 2. The number of aliphatic hydroxyl groups is 3. The first-order chi connectivity index (χ1) is 22.4. The number of phosphoric ester groups is 3. The van der Waals surface area contributed by atoms with E-state index in [9.17, 15) is 53.4 Å². The zero-order chi connectivity index (χ0) is 35.2. The summed E-state index contributed by atoms with van der Waals surface area (Å²) >= 11 is 0. The van der Waals surface area contributed by atoms with Crippen LogP contribution in [0.5, 0.6) is 0 Å². The van der Waals surface area contributed by atoms with Crippen molar-refractivity contribution in [3.8, 4) is 0 Å². The van der Waals surface area contributed by atoms with Crippen molar-refractivity contribution in [3.05, 3.63) is 36.7 Å². The Hall–Kier alpha value is -2.73. The third kappa shape index (κ3) is 8.01. The molecule has 0 radical (unpaired) electrons. The van der Waals surface area contributed by atoms with Crippen molar-refractivity contribution in [2.75, 3.05) is 18.9 Å². The Morgan fingerprint density at radius 1 is 0.938 bits per heavy atom. The third-order valence-corrected chi connectivity index (χ3v) is 10.2. The molecule has 2 aromatic rings. The number of aliphatic hydroxyl groups excluding tert-OH is 3. The number of amides is 1. The summed E-state index contributed by atoms with van der Waals surface area (Å²) in [7, 11) is -16.3. The van der Waals surface area contributed by atoms with E-state index in [0.29, 0.717) is 6.42 Å². The van der Waals surface area contributed by atoms with E-state index < -0.39 is 91.7 Å². The Kier molecular flexibility index (Phi) is 10.6. The molecule has 24 nitrogen and oxygen atoms in total. The lowest BCUT2D eigenvalue weighted by molar-refractivity contribution is -0.119. The molecule has 10 atom stereocenters. The number of rotatable bonds is 13. The number of anilines is 1. The number of hydrogen-bond acceptors (Lipinski definition) is 18. The average Bonchev–Trinajstić information content (AvgIpc) is 3.64. The minimum Gasteiger partial charge on any atom is -0.387 e. The van der Waals surface area contributed by atoms with E-state index >= 15 is 0 Å². The fourth-order valence-corrected chi connectivity index (χ4v) is 7.64. The first-order valence-corrected chi connectivity index (χ1v) is 18.0. The lowest BCUT2D eigenvalue weighted by Gasteiger charge is -2.31. The number of phosphoric acid groups is 3. The number of hydrogen-bond donors (Lipinski definition) is 9. The molecule has 2 aromatic heterocycles. The van der Waals surface area contributed by atoms with Gasteiger partial charge in [-0.15, -0.1) is 0 Å². The first kappa shape index (κ1) is 36.5. The van der Waals surface area contributed by atoms with E-state index in [1.54, 1.807) is 6.08 Å². The fraction of sp³-hybridized carbons (Fsp3) is 0.524. The van der Waals surface area contributed by atoms with E-state index in [2.05, 4.69) is 23.8 Å². The first-order valence-electron chi connectivity index (χ1n) is 13.5. The highest BCUT2D eigenvalue weighted by atomic mass is 31.3. The van der Waals surface area contributed by atoms with Crippen LogP contribution < -0.4 is 11.5 Å². The van der Waals surface area contributed by atoms with Gasteiger partial charge in [0.2, 0.25) is 0 Å². The van der Waals surface area contributed by atoms with Crippen molar-refractivity contribution in [1.82, 2.24) is 24.4 Å². The molecule has 2 fully saturated rings. The highest BCUT2D eigenvalue weighted by Gasteiger charge is 2.51. The lowest BCUT2D eigenvalue weighted by atomic mass is 10.1. The summed E-state index contributed by atoms with van der Waals surface area (Å²) in [6.07, 6.45) is -6.41. The van der Waals surface area contributed by atoms with Crippen LogP contribution in [0, 0.1) is 0 Å². The molecule has 266 valence electrons. The Bertz CT molecular complexity index is 1740. The molecule has 5 heterocycles. The quantitative estimate of drug-likeness (QED) is 0.0951. The largest absolute Gasteiger partial charge is 0.481 e. The van der Waals surface area contributed by atoms with E-state index in [1.165, 1.54) is 12.3 Å². The van der Waals surface area contributed by atoms with Crippen molar-refractivity contribution < 1.29 is 80.7 Å². The van der Waals surface area contributed by atoms with Gasteiger partial charge in [0, 0.05) is 6.20 Å².